The average molecular weight is 200 g/mol. The van der Waals surface area contributed by atoms with Gasteiger partial charge in [-0.15, -0.1) is 0 Å². The van der Waals surface area contributed by atoms with Crippen molar-refractivity contribution < 1.29 is 9.90 Å². The molecule has 4 nitrogen and oxygen atoms in total. The van der Waals surface area contributed by atoms with Crippen LogP contribution in [0.15, 0.2) is 0 Å². The molecule has 0 saturated heterocycles. The lowest BCUT2D eigenvalue weighted by Gasteiger charge is -2.16. The molecule has 1 fully saturated rings. The third kappa shape index (κ3) is 5.94. The van der Waals surface area contributed by atoms with Gasteiger partial charge in [0.05, 0.1) is 12.1 Å². The summed E-state index contributed by atoms with van der Waals surface area (Å²) >= 11 is 0. The Morgan fingerprint density at radius 2 is 2.14 bits per heavy atom. The Morgan fingerprint density at radius 3 is 2.64 bits per heavy atom. The molecule has 0 aromatic rings. The highest BCUT2D eigenvalue weighted by Gasteiger charge is 2.22. The molecule has 0 atom stereocenters. The number of hydrogen-bond donors (Lipinski definition) is 3. The smallest absolute Gasteiger partial charge is 0.234 e. The van der Waals surface area contributed by atoms with E-state index in [4.69, 9.17) is 0 Å². The van der Waals surface area contributed by atoms with Crippen LogP contribution in [-0.4, -0.2) is 35.7 Å². The van der Waals surface area contributed by atoms with Gasteiger partial charge in [0.2, 0.25) is 5.91 Å². The molecule has 0 bridgehead atoms. The number of carbonyl (C=O) groups is 1. The molecule has 4 heteroatoms. The Morgan fingerprint density at radius 1 is 1.50 bits per heavy atom. The number of hydrogen-bond acceptors (Lipinski definition) is 3. The SMILES string of the molecule is CC(C)(O)CCNCC(=O)NC1CC1. The van der Waals surface area contributed by atoms with E-state index < -0.39 is 5.60 Å². The van der Waals surface area contributed by atoms with Crippen molar-refractivity contribution in [1.29, 1.82) is 0 Å². The van der Waals surface area contributed by atoms with Crippen LogP contribution in [0.1, 0.15) is 33.1 Å². The fraction of sp³-hybridized carbons (Fsp3) is 0.900. The Hall–Kier alpha value is -0.610. The molecule has 1 rings (SSSR count). The fourth-order valence-electron chi connectivity index (χ4n) is 1.10. The zero-order valence-corrected chi connectivity index (χ0v) is 8.97. The summed E-state index contributed by atoms with van der Waals surface area (Å²) in [5.41, 5.74) is -0.653. The summed E-state index contributed by atoms with van der Waals surface area (Å²) in [6.45, 7) is 4.55. The van der Waals surface area contributed by atoms with Crippen molar-refractivity contribution in [3.05, 3.63) is 0 Å². The van der Waals surface area contributed by atoms with E-state index in [0.717, 1.165) is 12.8 Å². The Balaban J connectivity index is 1.94. The minimum atomic E-state index is -0.653. The molecule has 0 radical (unpaired) electrons. The minimum absolute atomic E-state index is 0.0586. The van der Waals surface area contributed by atoms with Crippen molar-refractivity contribution in [3.63, 3.8) is 0 Å². The highest BCUT2D eigenvalue weighted by molar-refractivity contribution is 5.78. The number of nitrogens with one attached hydrogen (secondary N) is 2. The molecule has 82 valence electrons. The van der Waals surface area contributed by atoms with Crippen LogP contribution < -0.4 is 10.6 Å². The van der Waals surface area contributed by atoms with Crippen LogP contribution in [-0.2, 0) is 4.79 Å². The van der Waals surface area contributed by atoms with E-state index in [2.05, 4.69) is 10.6 Å². The predicted molar refractivity (Wildman–Crippen MR) is 54.9 cm³/mol. The van der Waals surface area contributed by atoms with Crippen LogP contribution in [0.2, 0.25) is 0 Å². The zero-order chi connectivity index (χ0) is 10.6. The van der Waals surface area contributed by atoms with E-state index in [1.54, 1.807) is 13.8 Å². The molecular weight excluding hydrogens is 180 g/mol. The summed E-state index contributed by atoms with van der Waals surface area (Å²) in [6, 6.07) is 0.429. The second-order valence-electron chi connectivity index (χ2n) is 4.58. The van der Waals surface area contributed by atoms with Crippen LogP contribution in [0.3, 0.4) is 0 Å². The van der Waals surface area contributed by atoms with Gasteiger partial charge in [-0.2, -0.15) is 0 Å². The quantitative estimate of drug-likeness (QED) is 0.530. The molecular formula is C10H20N2O2. The molecule has 1 saturated carbocycles. The van der Waals surface area contributed by atoms with Crippen LogP contribution in [0.25, 0.3) is 0 Å². The number of amides is 1. The molecule has 0 aromatic heterocycles. The summed E-state index contributed by atoms with van der Waals surface area (Å²) in [5, 5.41) is 15.3. The van der Waals surface area contributed by atoms with Gasteiger partial charge in [-0.05, 0) is 39.7 Å². The standard InChI is InChI=1S/C10H20N2O2/c1-10(2,14)5-6-11-7-9(13)12-8-3-4-8/h8,11,14H,3-7H2,1-2H3,(H,12,13). The van der Waals surface area contributed by atoms with Crippen molar-refractivity contribution >= 4 is 5.91 Å². The molecule has 1 aliphatic rings. The lowest BCUT2D eigenvalue weighted by Crippen LogP contribution is -2.37. The summed E-state index contributed by atoms with van der Waals surface area (Å²) in [5.74, 6) is 0.0586. The molecule has 0 unspecified atom stereocenters. The van der Waals surface area contributed by atoms with Gasteiger partial charge in [0, 0.05) is 6.04 Å². The highest BCUT2D eigenvalue weighted by atomic mass is 16.3. The van der Waals surface area contributed by atoms with Crippen LogP contribution in [0.4, 0.5) is 0 Å². The normalized spacial score (nSPS) is 16.8. The van der Waals surface area contributed by atoms with Gasteiger partial charge in [-0.25, -0.2) is 0 Å². The maximum absolute atomic E-state index is 11.2. The van der Waals surface area contributed by atoms with E-state index in [0.29, 0.717) is 25.6 Å². The number of carbonyl (C=O) groups excluding carboxylic acids is 1. The number of rotatable bonds is 6. The third-order valence-electron chi connectivity index (χ3n) is 2.14. The van der Waals surface area contributed by atoms with Crippen LogP contribution >= 0.6 is 0 Å². The molecule has 1 amide bonds. The lowest BCUT2D eigenvalue weighted by molar-refractivity contribution is -0.120. The van der Waals surface area contributed by atoms with E-state index >= 15 is 0 Å². The first-order valence-corrected chi connectivity index (χ1v) is 5.20. The molecule has 1 aliphatic carbocycles. The van der Waals surface area contributed by atoms with Crippen LogP contribution in [0.5, 0.6) is 0 Å². The molecule has 0 aliphatic heterocycles. The fourth-order valence-corrected chi connectivity index (χ4v) is 1.10. The maximum atomic E-state index is 11.2. The largest absolute Gasteiger partial charge is 0.390 e. The molecule has 0 heterocycles. The van der Waals surface area contributed by atoms with Crippen molar-refractivity contribution in [2.45, 2.75) is 44.8 Å². The summed E-state index contributed by atoms with van der Waals surface area (Å²) < 4.78 is 0. The van der Waals surface area contributed by atoms with Crippen molar-refractivity contribution in [2.75, 3.05) is 13.1 Å². The van der Waals surface area contributed by atoms with Crippen molar-refractivity contribution in [1.82, 2.24) is 10.6 Å². The molecule has 14 heavy (non-hydrogen) atoms. The summed E-state index contributed by atoms with van der Waals surface area (Å²) in [4.78, 5) is 11.2. The van der Waals surface area contributed by atoms with E-state index in [9.17, 15) is 9.90 Å². The van der Waals surface area contributed by atoms with Gasteiger partial charge in [0.1, 0.15) is 0 Å². The van der Waals surface area contributed by atoms with E-state index in [1.807, 2.05) is 0 Å². The van der Waals surface area contributed by atoms with Gasteiger partial charge in [-0.3, -0.25) is 4.79 Å². The maximum Gasteiger partial charge on any atom is 0.234 e. The lowest BCUT2D eigenvalue weighted by atomic mass is 10.1. The van der Waals surface area contributed by atoms with Gasteiger partial charge in [-0.1, -0.05) is 0 Å². The first-order chi connectivity index (χ1) is 6.47. The van der Waals surface area contributed by atoms with Crippen LogP contribution in [0, 0.1) is 0 Å². The van der Waals surface area contributed by atoms with Crippen molar-refractivity contribution in [2.24, 2.45) is 0 Å². The second-order valence-corrected chi connectivity index (χ2v) is 4.58. The van der Waals surface area contributed by atoms with Gasteiger partial charge >= 0.3 is 0 Å². The van der Waals surface area contributed by atoms with Gasteiger partial charge < -0.3 is 15.7 Å². The Bertz CT molecular complexity index is 195. The third-order valence-corrected chi connectivity index (χ3v) is 2.14. The van der Waals surface area contributed by atoms with Gasteiger partial charge in [0.15, 0.2) is 0 Å². The Labute approximate surface area is 85.1 Å². The number of aliphatic hydroxyl groups is 1. The molecule has 0 aromatic carbocycles. The Kier molecular flexibility index (Phi) is 3.89. The topological polar surface area (TPSA) is 61.4 Å². The second kappa shape index (κ2) is 4.75. The molecule has 0 spiro atoms. The first kappa shape index (κ1) is 11.5. The zero-order valence-electron chi connectivity index (χ0n) is 8.97. The minimum Gasteiger partial charge on any atom is -0.390 e. The van der Waals surface area contributed by atoms with Gasteiger partial charge in [0.25, 0.3) is 0 Å². The monoisotopic (exact) mass is 200 g/mol. The molecule has 3 N–H and O–H groups in total. The van der Waals surface area contributed by atoms with Crippen molar-refractivity contribution in [3.8, 4) is 0 Å². The predicted octanol–water partition coefficient (Wildman–Crippen LogP) is 0.0156. The first-order valence-electron chi connectivity index (χ1n) is 5.20. The van der Waals surface area contributed by atoms with E-state index in [1.165, 1.54) is 0 Å². The summed E-state index contributed by atoms with van der Waals surface area (Å²) in [7, 11) is 0. The summed E-state index contributed by atoms with van der Waals surface area (Å²) in [6.07, 6.45) is 2.90. The average Bonchev–Trinajstić information content (AvgIpc) is 2.80. The van der Waals surface area contributed by atoms with E-state index in [-0.39, 0.29) is 5.91 Å². The highest BCUT2D eigenvalue weighted by Crippen LogP contribution is 2.18.